The Bertz CT molecular complexity index is 1070. The number of rotatable bonds is 5. The Labute approximate surface area is 168 Å². The highest BCUT2D eigenvalue weighted by Gasteiger charge is 2.27. The van der Waals surface area contributed by atoms with E-state index in [9.17, 15) is 9.59 Å². The van der Waals surface area contributed by atoms with E-state index >= 15 is 0 Å². The highest BCUT2D eigenvalue weighted by Crippen LogP contribution is 2.27. The largest absolute Gasteiger partial charge is 0.330 e. The number of amides is 2. The van der Waals surface area contributed by atoms with E-state index in [1.807, 2.05) is 35.2 Å². The van der Waals surface area contributed by atoms with Crippen molar-refractivity contribution in [1.82, 2.24) is 10.4 Å². The summed E-state index contributed by atoms with van der Waals surface area (Å²) in [7, 11) is 0. The quantitative estimate of drug-likeness (QED) is 0.396. The molecule has 3 aromatic rings. The number of hydrogen-bond acceptors (Lipinski definition) is 3. The Morgan fingerprint density at radius 3 is 2.45 bits per heavy atom. The van der Waals surface area contributed by atoms with Gasteiger partial charge in [-0.1, -0.05) is 66.7 Å². The van der Waals surface area contributed by atoms with E-state index in [1.165, 1.54) is 11.6 Å². The molecule has 0 saturated carbocycles. The van der Waals surface area contributed by atoms with Gasteiger partial charge in [-0.2, -0.15) is 0 Å². The van der Waals surface area contributed by atoms with Crippen molar-refractivity contribution in [2.75, 3.05) is 0 Å². The maximum absolute atomic E-state index is 12.8. The summed E-state index contributed by atoms with van der Waals surface area (Å²) >= 11 is 0. The van der Waals surface area contributed by atoms with E-state index in [-0.39, 0.29) is 5.91 Å². The van der Waals surface area contributed by atoms with Crippen LogP contribution >= 0.6 is 0 Å². The number of hydroxylamine groups is 1. The number of carbonyl (C=O) groups excluding carboxylic acids is 2. The topological polar surface area (TPSA) is 69.6 Å². The molecule has 0 atom stereocenters. The minimum absolute atomic E-state index is 0.0194. The summed E-state index contributed by atoms with van der Waals surface area (Å²) in [5.41, 5.74) is 7.29. The number of hydrogen-bond donors (Lipinski definition) is 2. The number of nitrogens with zero attached hydrogens (tertiary/aromatic N) is 1. The minimum atomic E-state index is -0.614. The maximum atomic E-state index is 12.8. The molecule has 0 aliphatic carbocycles. The van der Waals surface area contributed by atoms with Crippen molar-refractivity contribution in [1.29, 1.82) is 0 Å². The van der Waals surface area contributed by atoms with Gasteiger partial charge in [0.05, 0.1) is 0 Å². The minimum Gasteiger partial charge on any atom is -0.330 e. The van der Waals surface area contributed by atoms with Gasteiger partial charge in [0, 0.05) is 24.7 Å². The molecule has 1 aliphatic rings. The third kappa shape index (κ3) is 4.10. The van der Waals surface area contributed by atoms with E-state index in [1.54, 1.807) is 17.6 Å². The third-order valence-electron chi connectivity index (χ3n) is 4.98. The van der Waals surface area contributed by atoms with Gasteiger partial charge in [0.25, 0.3) is 11.8 Å². The standard InChI is InChI=1S/C24H20N2O3/c27-23(25-29)13-9-17-6-12-21-16-26(24(28)22(21)14-17)15-18-7-10-20(11-8-18)19-4-2-1-3-5-19/h1-14,29H,15-16H2,(H,25,27)/b13-9+. The van der Waals surface area contributed by atoms with Gasteiger partial charge in [0.15, 0.2) is 0 Å². The molecule has 3 aromatic carbocycles. The van der Waals surface area contributed by atoms with Crippen LogP contribution in [0, 0.1) is 0 Å². The Balaban J connectivity index is 1.47. The lowest BCUT2D eigenvalue weighted by molar-refractivity contribution is -0.124. The molecule has 4 rings (SSSR count). The lowest BCUT2D eigenvalue weighted by Crippen LogP contribution is -2.23. The first kappa shape index (κ1) is 18.7. The zero-order chi connectivity index (χ0) is 20.2. The van der Waals surface area contributed by atoms with Gasteiger partial charge < -0.3 is 4.90 Å². The van der Waals surface area contributed by atoms with Gasteiger partial charge in [0.2, 0.25) is 0 Å². The molecule has 0 spiro atoms. The fourth-order valence-corrected chi connectivity index (χ4v) is 3.47. The van der Waals surface area contributed by atoms with Crippen LogP contribution in [0.5, 0.6) is 0 Å². The van der Waals surface area contributed by atoms with Crippen LogP contribution in [0.2, 0.25) is 0 Å². The van der Waals surface area contributed by atoms with Crippen molar-refractivity contribution in [3.05, 3.63) is 101 Å². The van der Waals surface area contributed by atoms with Crippen LogP contribution in [-0.4, -0.2) is 21.9 Å². The second-order valence-electron chi connectivity index (χ2n) is 6.95. The monoisotopic (exact) mass is 384 g/mol. The summed E-state index contributed by atoms with van der Waals surface area (Å²) in [6, 6.07) is 24.0. The van der Waals surface area contributed by atoms with Crippen molar-refractivity contribution in [3.8, 4) is 11.1 Å². The molecule has 0 fully saturated rings. The summed E-state index contributed by atoms with van der Waals surface area (Å²) in [4.78, 5) is 25.8. The summed E-state index contributed by atoms with van der Waals surface area (Å²) < 4.78 is 0. The van der Waals surface area contributed by atoms with Crippen LogP contribution < -0.4 is 5.48 Å². The van der Waals surface area contributed by atoms with Crippen LogP contribution in [0.1, 0.15) is 27.0 Å². The average molecular weight is 384 g/mol. The van der Waals surface area contributed by atoms with Gasteiger partial charge in [0.1, 0.15) is 0 Å². The van der Waals surface area contributed by atoms with Crippen LogP contribution in [-0.2, 0) is 17.9 Å². The van der Waals surface area contributed by atoms with Crippen molar-refractivity contribution in [2.24, 2.45) is 0 Å². The van der Waals surface area contributed by atoms with Crippen LogP contribution in [0.15, 0.2) is 78.9 Å². The Hall–Kier alpha value is -3.70. The second kappa shape index (κ2) is 8.12. The number of fused-ring (bicyclic) bond motifs is 1. The lowest BCUT2D eigenvalue weighted by atomic mass is 10.0. The second-order valence-corrected chi connectivity index (χ2v) is 6.95. The van der Waals surface area contributed by atoms with Crippen LogP contribution in [0.4, 0.5) is 0 Å². The van der Waals surface area contributed by atoms with Crippen molar-refractivity contribution in [2.45, 2.75) is 13.1 Å². The van der Waals surface area contributed by atoms with Gasteiger partial charge in [-0.25, -0.2) is 5.48 Å². The average Bonchev–Trinajstić information content (AvgIpc) is 3.08. The third-order valence-corrected chi connectivity index (χ3v) is 4.98. The molecule has 0 radical (unpaired) electrons. The fourth-order valence-electron chi connectivity index (χ4n) is 3.47. The predicted molar refractivity (Wildman–Crippen MR) is 111 cm³/mol. The Morgan fingerprint density at radius 1 is 1.00 bits per heavy atom. The smallest absolute Gasteiger partial charge is 0.267 e. The molecule has 2 amide bonds. The number of carbonyl (C=O) groups is 2. The molecule has 5 nitrogen and oxygen atoms in total. The normalized spacial score (nSPS) is 13.0. The molecule has 0 bridgehead atoms. The zero-order valence-electron chi connectivity index (χ0n) is 15.7. The molecule has 1 aliphatic heterocycles. The number of benzene rings is 3. The van der Waals surface area contributed by atoms with Gasteiger partial charge in [-0.15, -0.1) is 0 Å². The molecule has 1 heterocycles. The van der Waals surface area contributed by atoms with E-state index < -0.39 is 5.91 Å². The molecule has 0 saturated heterocycles. The van der Waals surface area contributed by atoms with Gasteiger partial charge >= 0.3 is 0 Å². The molecule has 0 unspecified atom stereocenters. The number of nitrogens with one attached hydrogen (secondary N) is 1. The summed E-state index contributed by atoms with van der Waals surface area (Å²) in [5, 5.41) is 8.55. The summed E-state index contributed by atoms with van der Waals surface area (Å²) in [6.07, 6.45) is 2.78. The fraction of sp³-hybridized carbons (Fsp3) is 0.0833. The van der Waals surface area contributed by atoms with E-state index in [0.29, 0.717) is 18.7 Å². The maximum Gasteiger partial charge on any atom is 0.267 e. The molecular formula is C24H20N2O3. The zero-order valence-corrected chi connectivity index (χ0v) is 15.7. The van der Waals surface area contributed by atoms with Crippen molar-refractivity contribution < 1.29 is 14.8 Å². The molecule has 2 N–H and O–H groups in total. The SMILES string of the molecule is O=C(/C=C/c1ccc2c(c1)C(=O)N(Cc1ccc(-c3ccccc3)cc1)C2)NO. The van der Waals surface area contributed by atoms with Gasteiger partial charge in [-0.3, -0.25) is 14.8 Å². The lowest BCUT2D eigenvalue weighted by Gasteiger charge is -2.16. The van der Waals surface area contributed by atoms with Crippen LogP contribution in [0.3, 0.4) is 0 Å². The van der Waals surface area contributed by atoms with E-state index in [4.69, 9.17) is 5.21 Å². The van der Waals surface area contributed by atoms with Crippen molar-refractivity contribution >= 4 is 17.9 Å². The first-order chi connectivity index (χ1) is 14.1. The molecule has 144 valence electrons. The molecule has 5 heteroatoms. The predicted octanol–water partition coefficient (Wildman–Crippen LogP) is 4.03. The summed E-state index contributed by atoms with van der Waals surface area (Å²) in [5.74, 6) is -0.633. The van der Waals surface area contributed by atoms with Crippen LogP contribution in [0.25, 0.3) is 17.2 Å². The Morgan fingerprint density at radius 2 is 1.72 bits per heavy atom. The highest BCUT2D eigenvalue weighted by molar-refractivity contribution is 5.99. The Kier molecular flexibility index (Phi) is 5.22. The highest BCUT2D eigenvalue weighted by atomic mass is 16.5. The molecule has 29 heavy (non-hydrogen) atoms. The molecular weight excluding hydrogens is 364 g/mol. The van der Waals surface area contributed by atoms with E-state index in [0.717, 1.165) is 22.3 Å². The molecule has 0 aromatic heterocycles. The first-order valence-electron chi connectivity index (χ1n) is 9.33. The van der Waals surface area contributed by atoms with Crippen molar-refractivity contribution in [3.63, 3.8) is 0 Å². The summed E-state index contributed by atoms with van der Waals surface area (Å²) in [6.45, 7) is 1.11. The first-order valence-corrected chi connectivity index (χ1v) is 9.33. The van der Waals surface area contributed by atoms with E-state index in [2.05, 4.69) is 36.4 Å². The van der Waals surface area contributed by atoms with Gasteiger partial charge in [-0.05, 0) is 40.0 Å².